The van der Waals surface area contributed by atoms with Crippen molar-refractivity contribution in [3.8, 4) is 0 Å². The lowest BCUT2D eigenvalue weighted by molar-refractivity contribution is -0.384. The number of nitro benzene ring substituents is 1. The SMILES string of the molecule is CC(C)(C)OC(=O)C1=CCNC(=O)c2ccc([N+](=O)[O-])cc21. The Hall–Kier alpha value is -2.70. The highest BCUT2D eigenvalue weighted by Gasteiger charge is 2.27. The van der Waals surface area contributed by atoms with Gasteiger partial charge in [-0.15, -0.1) is 0 Å². The summed E-state index contributed by atoms with van der Waals surface area (Å²) in [5.41, 5.74) is -0.337. The summed E-state index contributed by atoms with van der Waals surface area (Å²) in [6.45, 7) is 5.32. The lowest BCUT2D eigenvalue weighted by Gasteiger charge is -2.20. The van der Waals surface area contributed by atoms with Crippen LogP contribution in [0.5, 0.6) is 0 Å². The Morgan fingerprint density at radius 3 is 2.59 bits per heavy atom. The zero-order valence-electron chi connectivity index (χ0n) is 12.5. The van der Waals surface area contributed by atoms with Gasteiger partial charge in [-0.3, -0.25) is 14.9 Å². The van der Waals surface area contributed by atoms with E-state index in [4.69, 9.17) is 4.74 Å². The number of hydrogen-bond acceptors (Lipinski definition) is 5. The zero-order chi connectivity index (χ0) is 16.5. The molecule has 0 saturated carbocycles. The highest BCUT2D eigenvalue weighted by atomic mass is 16.6. The largest absolute Gasteiger partial charge is 0.456 e. The average molecular weight is 304 g/mol. The first-order valence-electron chi connectivity index (χ1n) is 6.69. The number of fused-ring (bicyclic) bond motifs is 1. The number of amides is 1. The van der Waals surface area contributed by atoms with Crippen molar-refractivity contribution in [2.24, 2.45) is 0 Å². The van der Waals surface area contributed by atoms with E-state index in [1.165, 1.54) is 24.3 Å². The predicted octanol–water partition coefficient (Wildman–Crippen LogP) is 2.06. The lowest BCUT2D eigenvalue weighted by Crippen LogP contribution is -2.24. The Bertz CT molecular complexity index is 686. The molecule has 0 unspecified atom stereocenters. The van der Waals surface area contributed by atoms with Crippen molar-refractivity contribution in [3.63, 3.8) is 0 Å². The fraction of sp³-hybridized carbons (Fsp3) is 0.333. The number of rotatable bonds is 2. The van der Waals surface area contributed by atoms with E-state index < -0.39 is 16.5 Å². The van der Waals surface area contributed by atoms with Gasteiger partial charge in [-0.05, 0) is 26.8 Å². The molecule has 1 N–H and O–H groups in total. The maximum atomic E-state index is 12.3. The number of non-ortho nitro benzene ring substituents is 1. The Kier molecular flexibility index (Phi) is 3.99. The first kappa shape index (κ1) is 15.7. The molecule has 1 aromatic carbocycles. The van der Waals surface area contributed by atoms with E-state index in [0.717, 1.165) is 0 Å². The highest BCUT2D eigenvalue weighted by Crippen LogP contribution is 2.28. The molecule has 0 bridgehead atoms. The third-order valence-electron chi connectivity index (χ3n) is 2.94. The molecule has 1 aliphatic heterocycles. The van der Waals surface area contributed by atoms with Gasteiger partial charge < -0.3 is 10.1 Å². The van der Waals surface area contributed by atoms with Crippen LogP contribution < -0.4 is 5.32 Å². The third-order valence-corrected chi connectivity index (χ3v) is 2.94. The van der Waals surface area contributed by atoms with Gasteiger partial charge in [-0.1, -0.05) is 6.08 Å². The molecular formula is C15H16N2O5. The van der Waals surface area contributed by atoms with Crippen LogP contribution in [0.4, 0.5) is 5.69 Å². The molecule has 1 aliphatic rings. The summed E-state index contributed by atoms with van der Waals surface area (Å²) < 4.78 is 5.31. The van der Waals surface area contributed by atoms with Crippen LogP contribution in [-0.2, 0) is 9.53 Å². The molecule has 1 heterocycles. The van der Waals surface area contributed by atoms with Crippen molar-refractivity contribution in [1.29, 1.82) is 0 Å². The lowest BCUT2D eigenvalue weighted by atomic mass is 9.98. The van der Waals surface area contributed by atoms with Gasteiger partial charge in [0, 0.05) is 29.8 Å². The quantitative estimate of drug-likeness (QED) is 0.512. The fourth-order valence-electron chi connectivity index (χ4n) is 2.04. The number of nitro groups is 1. The maximum absolute atomic E-state index is 12.3. The molecule has 0 atom stereocenters. The van der Waals surface area contributed by atoms with Crippen LogP contribution in [0.2, 0.25) is 0 Å². The number of ether oxygens (including phenoxy) is 1. The van der Waals surface area contributed by atoms with Gasteiger partial charge in [-0.25, -0.2) is 4.79 Å². The van der Waals surface area contributed by atoms with E-state index >= 15 is 0 Å². The molecule has 1 aromatic rings. The van der Waals surface area contributed by atoms with Crippen molar-refractivity contribution >= 4 is 23.1 Å². The van der Waals surface area contributed by atoms with Crippen LogP contribution in [0.1, 0.15) is 36.7 Å². The molecule has 0 saturated heterocycles. The third kappa shape index (κ3) is 3.30. The van der Waals surface area contributed by atoms with E-state index in [-0.39, 0.29) is 34.8 Å². The van der Waals surface area contributed by atoms with Gasteiger partial charge in [0.2, 0.25) is 0 Å². The van der Waals surface area contributed by atoms with Crippen LogP contribution >= 0.6 is 0 Å². The second-order valence-corrected chi connectivity index (χ2v) is 5.82. The molecule has 2 rings (SSSR count). The number of esters is 1. The summed E-state index contributed by atoms with van der Waals surface area (Å²) >= 11 is 0. The van der Waals surface area contributed by atoms with E-state index in [1.54, 1.807) is 20.8 Å². The molecule has 0 spiro atoms. The van der Waals surface area contributed by atoms with Gasteiger partial charge in [-0.2, -0.15) is 0 Å². The van der Waals surface area contributed by atoms with E-state index in [2.05, 4.69) is 5.32 Å². The van der Waals surface area contributed by atoms with Crippen molar-refractivity contribution in [1.82, 2.24) is 5.32 Å². The second-order valence-electron chi connectivity index (χ2n) is 5.82. The summed E-state index contributed by atoms with van der Waals surface area (Å²) in [5.74, 6) is -1.01. The van der Waals surface area contributed by atoms with Crippen molar-refractivity contribution < 1.29 is 19.2 Å². The van der Waals surface area contributed by atoms with Crippen molar-refractivity contribution in [2.45, 2.75) is 26.4 Å². The predicted molar refractivity (Wildman–Crippen MR) is 79.3 cm³/mol. The number of nitrogens with zero attached hydrogens (tertiary/aromatic N) is 1. The summed E-state index contributed by atoms with van der Waals surface area (Å²) in [6.07, 6.45) is 1.50. The monoisotopic (exact) mass is 304 g/mol. The minimum atomic E-state index is -0.706. The Labute approximate surface area is 127 Å². The Morgan fingerprint density at radius 1 is 1.32 bits per heavy atom. The maximum Gasteiger partial charge on any atom is 0.339 e. The van der Waals surface area contributed by atoms with Gasteiger partial charge in [0.1, 0.15) is 5.60 Å². The van der Waals surface area contributed by atoms with E-state index in [1.807, 2.05) is 0 Å². The molecule has 116 valence electrons. The van der Waals surface area contributed by atoms with Crippen LogP contribution in [-0.4, -0.2) is 28.9 Å². The minimum Gasteiger partial charge on any atom is -0.456 e. The first-order valence-corrected chi connectivity index (χ1v) is 6.69. The van der Waals surface area contributed by atoms with Gasteiger partial charge in [0.05, 0.1) is 10.5 Å². The van der Waals surface area contributed by atoms with E-state index in [0.29, 0.717) is 0 Å². The molecule has 0 fully saturated rings. The number of nitrogens with one attached hydrogen (secondary N) is 1. The summed E-state index contributed by atoms with van der Waals surface area (Å²) in [5, 5.41) is 13.5. The highest BCUT2D eigenvalue weighted by molar-refractivity contribution is 6.20. The van der Waals surface area contributed by atoms with Gasteiger partial charge >= 0.3 is 5.97 Å². The van der Waals surface area contributed by atoms with Crippen LogP contribution in [0.3, 0.4) is 0 Å². The average Bonchev–Trinajstić information content (AvgIpc) is 2.56. The van der Waals surface area contributed by atoms with Crippen LogP contribution in [0.25, 0.3) is 5.57 Å². The summed E-state index contributed by atoms with van der Waals surface area (Å²) in [6, 6.07) is 3.79. The van der Waals surface area contributed by atoms with Gasteiger partial charge in [0.25, 0.3) is 11.6 Å². The molecule has 22 heavy (non-hydrogen) atoms. The molecule has 7 nitrogen and oxygen atoms in total. The number of carbonyl (C=O) groups is 2. The normalized spacial score (nSPS) is 14.3. The van der Waals surface area contributed by atoms with E-state index in [9.17, 15) is 19.7 Å². The molecule has 7 heteroatoms. The Morgan fingerprint density at radius 2 is 2.00 bits per heavy atom. The Balaban J connectivity index is 2.53. The van der Waals surface area contributed by atoms with Crippen molar-refractivity contribution in [3.05, 3.63) is 45.5 Å². The number of hydrogen-bond donors (Lipinski definition) is 1. The molecule has 0 radical (unpaired) electrons. The second kappa shape index (κ2) is 5.59. The summed E-state index contributed by atoms with van der Waals surface area (Å²) in [4.78, 5) is 34.6. The number of carbonyl (C=O) groups excluding carboxylic acids is 2. The summed E-state index contributed by atoms with van der Waals surface area (Å²) in [7, 11) is 0. The molecule has 0 aromatic heterocycles. The zero-order valence-corrected chi connectivity index (χ0v) is 12.5. The molecule has 0 aliphatic carbocycles. The molecule has 1 amide bonds. The standard InChI is InChI=1S/C15H16N2O5/c1-15(2,3)22-14(19)11-6-7-16-13(18)10-5-4-9(17(20)21)8-12(10)11/h4-6,8H,7H2,1-3H3,(H,16,18). The van der Waals surface area contributed by atoms with Gasteiger partial charge in [0.15, 0.2) is 0 Å². The topological polar surface area (TPSA) is 98.5 Å². The first-order chi connectivity index (χ1) is 10.2. The minimum absolute atomic E-state index is 0.145. The fourth-order valence-corrected chi connectivity index (χ4v) is 2.04. The van der Waals surface area contributed by atoms with Crippen LogP contribution in [0.15, 0.2) is 24.3 Å². The molecular weight excluding hydrogens is 288 g/mol. The number of benzene rings is 1. The van der Waals surface area contributed by atoms with Crippen LogP contribution in [0, 0.1) is 10.1 Å². The smallest absolute Gasteiger partial charge is 0.339 e. The van der Waals surface area contributed by atoms with Crippen molar-refractivity contribution in [2.75, 3.05) is 6.54 Å².